The first-order chi connectivity index (χ1) is 15.5. The van der Waals surface area contributed by atoms with Crippen molar-refractivity contribution in [2.75, 3.05) is 19.0 Å². The van der Waals surface area contributed by atoms with Gasteiger partial charge in [-0.25, -0.2) is 9.98 Å². The Balaban J connectivity index is 1.65. The van der Waals surface area contributed by atoms with Crippen molar-refractivity contribution in [3.8, 4) is 17.2 Å². The third-order valence-corrected chi connectivity index (χ3v) is 4.63. The van der Waals surface area contributed by atoms with Gasteiger partial charge < -0.3 is 25.1 Å². The van der Waals surface area contributed by atoms with E-state index in [2.05, 4.69) is 25.9 Å². The van der Waals surface area contributed by atoms with Crippen LogP contribution in [0.1, 0.15) is 30.7 Å². The lowest BCUT2D eigenvalue weighted by molar-refractivity contribution is -0.114. The predicted molar refractivity (Wildman–Crippen MR) is 126 cm³/mol. The van der Waals surface area contributed by atoms with Crippen molar-refractivity contribution >= 4 is 17.6 Å². The number of benzene rings is 2. The smallest absolute Gasteiger partial charge is 0.226 e. The molecule has 0 atom stereocenters. The number of ether oxygens (including phenoxy) is 1. The summed E-state index contributed by atoms with van der Waals surface area (Å²) in [5.74, 6) is 1.70. The van der Waals surface area contributed by atoms with Gasteiger partial charge in [0.1, 0.15) is 12.0 Å². The van der Waals surface area contributed by atoms with Crippen LogP contribution in [-0.2, 0) is 17.9 Å². The Morgan fingerprint density at radius 2 is 1.94 bits per heavy atom. The topological polar surface area (TPSA) is 101 Å². The highest BCUT2D eigenvalue weighted by Crippen LogP contribution is 2.25. The maximum atomic E-state index is 11.4. The Hall–Kier alpha value is -3.81. The van der Waals surface area contributed by atoms with Crippen molar-refractivity contribution in [3.05, 3.63) is 65.5 Å². The summed E-state index contributed by atoms with van der Waals surface area (Å²) in [6.07, 6.45) is 1.65. The molecule has 1 aromatic heterocycles. The van der Waals surface area contributed by atoms with Crippen molar-refractivity contribution in [2.45, 2.75) is 33.9 Å². The van der Waals surface area contributed by atoms with Crippen molar-refractivity contribution in [3.63, 3.8) is 0 Å². The van der Waals surface area contributed by atoms with Gasteiger partial charge in [0, 0.05) is 19.0 Å². The van der Waals surface area contributed by atoms with Gasteiger partial charge in [-0.2, -0.15) is 0 Å². The van der Waals surface area contributed by atoms with E-state index in [0.717, 1.165) is 23.4 Å². The van der Waals surface area contributed by atoms with E-state index in [9.17, 15) is 4.79 Å². The van der Waals surface area contributed by atoms with Crippen molar-refractivity contribution < 1.29 is 13.9 Å². The normalized spacial score (nSPS) is 11.2. The molecule has 2 aromatic carbocycles. The Kier molecular flexibility index (Phi) is 7.85. The lowest BCUT2D eigenvalue weighted by Gasteiger charge is -2.12. The van der Waals surface area contributed by atoms with Crippen LogP contribution in [0.4, 0.5) is 5.69 Å². The second kappa shape index (κ2) is 11.0. The molecule has 32 heavy (non-hydrogen) atoms. The fourth-order valence-corrected chi connectivity index (χ4v) is 3.04. The highest BCUT2D eigenvalue weighted by Gasteiger charge is 2.09. The SMILES string of the molecule is CCNC(=NCc1ccc(OC)c(NC(C)=O)c1)NCc1coc(-c2ccc(C)cc2)n1. The van der Waals surface area contributed by atoms with E-state index in [0.29, 0.717) is 36.4 Å². The molecule has 1 amide bonds. The number of aryl methyl sites for hydroxylation is 1. The van der Waals surface area contributed by atoms with E-state index in [-0.39, 0.29) is 5.91 Å². The van der Waals surface area contributed by atoms with Gasteiger partial charge in [0.25, 0.3) is 0 Å². The van der Waals surface area contributed by atoms with Gasteiger partial charge in [0.05, 0.1) is 31.6 Å². The molecule has 3 N–H and O–H groups in total. The van der Waals surface area contributed by atoms with Gasteiger partial charge in [0.2, 0.25) is 11.8 Å². The molecular formula is C24H29N5O3. The Morgan fingerprint density at radius 3 is 2.62 bits per heavy atom. The first kappa shape index (κ1) is 22.9. The molecule has 3 aromatic rings. The molecule has 0 spiro atoms. The van der Waals surface area contributed by atoms with Crippen LogP contribution in [0.25, 0.3) is 11.5 Å². The zero-order chi connectivity index (χ0) is 22.9. The second-order valence-electron chi connectivity index (χ2n) is 7.27. The minimum absolute atomic E-state index is 0.156. The van der Waals surface area contributed by atoms with Gasteiger partial charge in [-0.05, 0) is 43.7 Å². The third kappa shape index (κ3) is 6.34. The maximum Gasteiger partial charge on any atom is 0.226 e. The molecule has 1 heterocycles. The largest absolute Gasteiger partial charge is 0.495 e. The van der Waals surface area contributed by atoms with Crippen LogP contribution in [0.5, 0.6) is 5.75 Å². The van der Waals surface area contributed by atoms with Crippen LogP contribution >= 0.6 is 0 Å². The molecule has 0 saturated carbocycles. The highest BCUT2D eigenvalue weighted by atomic mass is 16.5. The van der Waals surface area contributed by atoms with Crippen LogP contribution < -0.4 is 20.7 Å². The maximum absolute atomic E-state index is 11.4. The summed E-state index contributed by atoms with van der Waals surface area (Å²) < 4.78 is 10.9. The average Bonchev–Trinajstić information content (AvgIpc) is 3.25. The molecule has 0 aliphatic carbocycles. The second-order valence-corrected chi connectivity index (χ2v) is 7.27. The number of hydrogen-bond acceptors (Lipinski definition) is 5. The Labute approximate surface area is 188 Å². The molecular weight excluding hydrogens is 406 g/mol. The van der Waals surface area contributed by atoms with E-state index in [1.54, 1.807) is 13.4 Å². The lowest BCUT2D eigenvalue weighted by Crippen LogP contribution is -2.36. The molecule has 0 saturated heterocycles. The molecule has 8 heteroatoms. The van der Waals surface area contributed by atoms with Crippen LogP contribution in [0.3, 0.4) is 0 Å². The fourth-order valence-electron chi connectivity index (χ4n) is 3.04. The molecule has 0 aliphatic heterocycles. The Morgan fingerprint density at radius 1 is 1.16 bits per heavy atom. The molecule has 8 nitrogen and oxygen atoms in total. The number of anilines is 1. The minimum Gasteiger partial charge on any atom is -0.495 e. The molecule has 0 radical (unpaired) electrons. The molecule has 3 rings (SSSR count). The van der Waals surface area contributed by atoms with Crippen LogP contribution in [-0.4, -0.2) is 30.5 Å². The van der Waals surface area contributed by atoms with E-state index in [1.807, 2.05) is 56.3 Å². The van der Waals surface area contributed by atoms with Crippen LogP contribution in [0.15, 0.2) is 58.1 Å². The van der Waals surface area contributed by atoms with Gasteiger partial charge in [-0.1, -0.05) is 23.8 Å². The predicted octanol–water partition coefficient (Wildman–Crippen LogP) is 3.87. The summed E-state index contributed by atoms with van der Waals surface area (Å²) in [7, 11) is 1.57. The number of oxazole rings is 1. The summed E-state index contributed by atoms with van der Waals surface area (Å²) in [5.41, 5.74) is 4.47. The number of methoxy groups -OCH3 is 1. The third-order valence-electron chi connectivity index (χ3n) is 4.63. The minimum atomic E-state index is -0.156. The number of aromatic nitrogens is 1. The van der Waals surface area contributed by atoms with Crippen LogP contribution in [0, 0.1) is 6.92 Å². The quantitative estimate of drug-likeness (QED) is 0.367. The number of carbonyl (C=O) groups is 1. The van der Waals surface area contributed by atoms with Gasteiger partial charge in [-0.3, -0.25) is 4.79 Å². The van der Waals surface area contributed by atoms with Crippen molar-refractivity contribution in [1.29, 1.82) is 0 Å². The molecule has 0 unspecified atom stereocenters. The fraction of sp³-hybridized carbons (Fsp3) is 0.292. The molecule has 168 valence electrons. The number of guanidine groups is 1. The van der Waals surface area contributed by atoms with E-state index < -0.39 is 0 Å². The summed E-state index contributed by atoms with van der Waals surface area (Å²) in [6, 6.07) is 13.6. The summed E-state index contributed by atoms with van der Waals surface area (Å²) >= 11 is 0. The lowest BCUT2D eigenvalue weighted by atomic mass is 10.1. The van der Waals surface area contributed by atoms with E-state index in [4.69, 9.17) is 9.15 Å². The summed E-state index contributed by atoms with van der Waals surface area (Å²) in [5, 5.41) is 9.28. The zero-order valence-electron chi connectivity index (χ0n) is 18.9. The standard InChI is InChI=1S/C24H29N5O3/c1-5-25-24(26-13-18-8-11-22(31-4)21(12-18)28-17(3)30)27-14-20-15-32-23(29-20)19-9-6-16(2)7-10-19/h6-12,15H,5,13-14H2,1-4H3,(H,28,30)(H2,25,26,27). The molecule has 0 fully saturated rings. The molecule has 0 bridgehead atoms. The zero-order valence-corrected chi connectivity index (χ0v) is 18.9. The van der Waals surface area contributed by atoms with Gasteiger partial charge >= 0.3 is 0 Å². The number of rotatable bonds is 8. The number of nitrogens with one attached hydrogen (secondary N) is 3. The van der Waals surface area contributed by atoms with Gasteiger partial charge in [0.15, 0.2) is 5.96 Å². The van der Waals surface area contributed by atoms with Crippen molar-refractivity contribution in [1.82, 2.24) is 15.6 Å². The van der Waals surface area contributed by atoms with E-state index >= 15 is 0 Å². The number of nitrogens with zero attached hydrogens (tertiary/aromatic N) is 2. The summed E-state index contributed by atoms with van der Waals surface area (Å²) in [4.78, 5) is 20.6. The van der Waals surface area contributed by atoms with E-state index in [1.165, 1.54) is 12.5 Å². The number of hydrogen-bond donors (Lipinski definition) is 3. The van der Waals surface area contributed by atoms with Crippen molar-refractivity contribution in [2.24, 2.45) is 4.99 Å². The first-order valence-electron chi connectivity index (χ1n) is 10.5. The number of amides is 1. The van der Waals surface area contributed by atoms with Gasteiger partial charge in [-0.15, -0.1) is 0 Å². The highest BCUT2D eigenvalue weighted by molar-refractivity contribution is 5.90. The van der Waals surface area contributed by atoms with Crippen LogP contribution in [0.2, 0.25) is 0 Å². The number of carbonyl (C=O) groups excluding carboxylic acids is 1. The summed E-state index contributed by atoms with van der Waals surface area (Å²) in [6.45, 7) is 7.14. The molecule has 0 aliphatic rings. The monoisotopic (exact) mass is 435 g/mol. The first-order valence-corrected chi connectivity index (χ1v) is 10.5. The Bertz CT molecular complexity index is 1070. The number of aliphatic imine (C=N–C) groups is 1. The average molecular weight is 436 g/mol.